The lowest BCUT2D eigenvalue weighted by Gasteiger charge is -2.27. The summed E-state index contributed by atoms with van der Waals surface area (Å²) in [7, 11) is 0. The number of amides is 2. The zero-order chi connectivity index (χ0) is 15.3. The number of urea groups is 1. The molecule has 0 bridgehead atoms. The van der Waals surface area contributed by atoms with Gasteiger partial charge in [-0.15, -0.1) is 0 Å². The van der Waals surface area contributed by atoms with Crippen LogP contribution in [0.2, 0.25) is 0 Å². The summed E-state index contributed by atoms with van der Waals surface area (Å²) < 4.78 is 0. The molecule has 1 rings (SSSR count). The van der Waals surface area contributed by atoms with E-state index in [1.165, 1.54) is 4.90 Å². The average Bonchev–Trinajstić information content (AvgIpc) is 2.78. The summed E-state index contributed by atoms with van der Waals surface area (Å²) in [5.74, 6) is -1.08. The lowest BCUT2D eigenvalue weighted by molar-refractivity contribution is -0.141. The van der Waals surface area contributed by atoms with Crippen LogP contribution in [0.1, 0.15) is 27.2 Å². The maximum atomic E-state index is 12.1. The van der Waals surface area contributed by atoms with Gasteiger partial charge in [-0.1, -0.05) is 13.8 Å². The number of hydrogen-bond donors (Lipinski definition) is 3. The van der Waals surface area contributed by atoms with Crippen molar-refractivity contribution in [2.75, 3.05) is 26.2 Å². The summed E-state index contributed by atoms with van der Waals surface area (Å²) in [6, 6.07) is -1.44. The summed E-state index contributed by atoms with van der Waals surface area (Å²) in [5.41, 5.74) is 0. The highest BCUT2D eigenvalue weighted by atomic mass is 16.4. The number of aliphatic hydroxyl groups excluding tert-OH is 1. The first-order chi connectivity index (χ1) is 9.38. The van der Waals surface area contributed by atoms with E-state index in [0.29, 0.717) is 6.54 Å². The number of rotatable bonds is 6. The van der Waals surface area contributed by atoms with Crippen LogP contribution in [0.4, 0.5) is 4.79 Å². The van der Waals surface area contributed by atoms with Crippen LogP contribution < -0.4 is 5.32 Å². The molecular formula is C13H25N3O4. The smallest absolute Gasteiger partial charge is 0.326 e. The van der Waals surface area contributed by atoms with Crippen LogP contribution in [0.25, 0.3) is 0 Å². The quantitative estimate of drug-likeness (QED) is 0.637. The molecule has 0 saturated carbocycles. The third kappa shape index (κ3) is 4.35. The monoisotopic (exact) mass is 287 g/mol. The van der Waals surface area contributed by atoms with Crippen LogP contribution in [0.15, 0.2) is 0 Å². The number of carboxylic acids is 1. The Kier molecular flexibility index (Phi) is 6.22. The van der Waals surface area contributed by atoms with Gasteiger partial charge in [-0.05, 0) is 20.0 Å². The Morgan fingerprint density at radius 3 is 2.50 bits per heavy atom. The predicted molar refractivity (Wildman–Crippen MR) is 74.5 cm³/mol. The number of likely N-dealkylation sites (N-methyl/N-ethyl adjacent to an activating group) is 1. The Morgan fingerprint density at radius 1 is 1.40 bits per heavy atom. The summed E-state index contributed by atoms with van der Waals surface area (Å²) in [4.78, 5) is 26.6. The average molecular weight is 287 g/mol. The third-order valence-electron chi connectivity index (χ3n) is 3.62. The number of hydrogen-bond acceptors (Lipinski definition) is 4. The maximum Gasteiger partial charge on any atom is 0.326 e. The largest absolute Gasteiger partial charge is 0.480 e. The van der Waals surface area contributed by atoms with E-state index >= 15 is 0 Å². The van der Waals surface area contributed by atoms with E-state index in [1.807, 2.05) is 6.92 Å². The Hall–Kier alpha value is -1.34. The predicted octanol–water partition coefficient (Wildman–Crippen LogP) is -0.0539. The van der Waals surface area contributed by atoms with Crippen molar-refractivity contribution in [3.05, 3.63) is 0 Å². The minimum Gasteiger partial charge on any atom is -0.480 e. The SMILES string of the molecule is CCN(CC)CC(C)NC(=O)N1C[C@H](O)C[C@@H]1C(=O)O. The number of carbonyl (C=O) groups is 2. The summed E-state index contributed by atoms with van der Waals surface area (Å²) in [6.07, 6.45) is -0.673. The van der Waals surface area contributed by atoms with Crippen LogP contribution in [0.3, 0.4) is 0 Å². The van der Waals surface area contributed by atoms with Crippen LogP contribution in [-0.2, 0) is 4.79 Å². The standard InChI is InChI=1S/C13H25N3O4/c1-4-15(5-2)7-9(3)14-13(20)16-8-10(17)6-11(16)12(18)19/h9-11,17H,4-8H2,1-3H3,(H,14,20)(H,18,19)/t9?,10-,11-/m1/s1. The van der Waals surface area contributed by atoms with Gasteiger partial charge in [0.1, 0.15) is 6.04 Å². The Morgan fingerprint density at radius 2 is 2.00 bits per heavy atom. The molecule has 1 aliphatic rings. The molecule has 1 heterocycles. The van der Waals surface area contributed by atoms with Crippen LogP contribution in [0, 0.1) is 0 Å². The van der Waals surface area contributed by atoms with Crippen molar-refractivity contribution < 1.29 is 19.8 Å². The molecule has 7 nitrogen and oxygen atoms in total. The van der Waals surface area contributed by atoms with Crippen molar-refractivity contribution in [1.29, 1.82) is 0 Å². The molecule has 0 aromatic carbocycles. The fraction of sp³-hybridized carbons (Fsp3) is 0.846. The number of β-amino-alcohol motifs (C(OH)–C–C–N with tert-alkyl or cyclic N) is 1. The lowest BCUT2D eigenvalue weighted by Crippen LogP contribution is -2.51. The van der Waals surface area contributed by atoms with Gasteiger partial charge in [0, 0.05) is 25.6 Å². The van der Waals surface area contributed by atoms with Gasteiger partial charge in [-0.25, -0.2) is 9.59 Å². The van der Waals surface area contributed by atoms with Gasteiger partial charge < -0.3 is 25.3 Å². The van der Waals surface area contributed by atoms with E-state index in [4.69, 9.17) is 5.11 Å². The number of carboxylic acid groups (broad SMARTS) is 1. The van der Waals surface area contributed by atoms with Crippen molar-refractivity contribution in [3.8, 4) is 0 Å². The number of nitrogens with zero attached hydrogens (tertiary/aromatic N) is 2. The van der Waals surface area contributed by atoms with Crippen LogP contribution >= 0.6 is 0 Å². The number of aliphatic hydroxyl groups is 1. The van der Waals surface area contributed by atoms with Gasteiger partial charge in [0.05, 0.1) is 6.10 Å². The third-order valence-corrected chi connectivity index (χ3v) is 3.62. The molecule has 1 fully saturated rings. The summed E-state index contributed by atoms with van der Waals surface area (Å²) >= 11 is 0. The second kappa shape index (κ2) is 7.44. The van der Waals surface area contributed by atoms with Crippen molar-refractivity contribution in [2.24, 2.45) is 0 Å². The fourth-order valence-corrected chi connectivity index (χ4v) is 2.48. The van der Waals surface area contributed by atoms with E-state index in [2.05, 4.69) is 24.1 Å². The van der Waals surface area contributed by atoms with Gasteiger partial charge in [0.25, 0.3) is 0 Å². The number of carbonyl (C=O) groups excluding carboxylic acids is 1. The normalized spacial score (nSPS) is 23.9. The highest BCUT2D eigenvalue weighted by molar-refractivity contribution is 5.83. The molecule has 20 heavy (non-hydrogen) atoms. The molecule has 0 aromatic rings. The molecule has 2 amide bonds. The number of nitrogens with one attached hydrogen (secondary N) is 1. The topological polar surface area (TPSA) is 93.1 Å². The molecule has 0 radical (unpaired) electrons. The Labute approximate surface area is 119 Å². The first-order valence-electron chi connectivity index (χ1n) is 7.09. The summed E-state index contributed by atoms with van der Waals surface area (Å²) in [6.45, 7) is 8.57. The van der Waals surface area contributed by atoms with Crippen molar-refractivity contribution >= 4 is 12.0 Å². The molecule has 0 spiro atoms. The van der Waals surface area contributed by atoms with Crippen LogP contribution in [-0.4, -0.2) is 76.4 Å². The first-order valence-corrected chi connectivity index (χ1v) is 7.09. The van der Waals surface area contributed by atoms with E-state index in [0.717, 1.165) is 13.1 Å². The highest BCUT2D eigenvalue weighted by Crippen LogP contribution is 2.18. The molecule has 7 heteroatoms. The molecule has 0 aromatic heterocycles. The molecule has 116 valence electrons. The van der Waals surface area contributed by atoms with Crippen LogP contribution in [0.5, 0.6) is 0 Å². The Bertz CT molecular complexity index is 347. The first kappa shape index (κ1) is 16.7. The molecule has 1 unspecified atom stereocenters. The lowest BCUT2D eigenvalue weighted by atomic mass is 10.2. The minimum absolute atomic E-state index is 0.0702. The number of aliphatic carboxylic acids is 1. The van der Waals surface area contributed by atoms with E-state index in [1.54, 1.807) is 0 Å². The zero-order valence-electron chi connectivity index (χ0n) is 12.4. The maximum absolute atomic E-state index is 12.1. The van der Waals surface area contributed by atoms with Gasteiger partial charge in [-0.2, -0.15) is 0 Å². The molecule has 3 N–H and O–H groups in total. The fourth-order valence-electron chi connectivity index (χ4n) is 2.48. The van der Waals surface area contributed by atoms with Gasteiger partial charge in [0.2, 0.25) is 0 Å². The molecule has 1 saturated heterocycles. The van der Waals surface area contributed by atoms with Gasteiger partial charge >= 0.3 is 12.0 Å². The molecule has 0 aliphatic carbocycles. The van der Waals surface area contributed by atoms with Gasteiger partial charge in [0.15, 0.2) is 0 Å². The van der Waals surface area contributed by atoms with E-state index in [9.17, 15) is 14.7 Å². The van der Waals surface area contributed by atoms with Gasteiger partial charge in [-0.3, -0.25) is 0 Å². The van der Waals surface area contributed by atoms with Crippen molar-refractivity contribution in [3.63, 3.8) is 0 Å². The van der Waals surface area contributed by atoms with Crippen molar-refractivity contribution in [2.45, 2.75) is 45.4 Å². The molecular weight excluding hydrogens is 262 g/mol. The summed E-state index contributed by atoms with van der Waals surface area (Å²) in [5, 5.41) is 21.4. The second-order valence-corrected chi connectivity index (χ2v) is 5.23. The molecule has 1 aliphatic heterocycles. The minimum atomic E-state index is -1.08. The molecule has 3 atom stereocenters. The van der Waals surface area contributed by atoms with Crippen molar-refractivity contribution in [1.82, 2.24) is 15.1 Å². The second-order valence-electron chi connectivity index (χ2n) is 5.23. The Balaban J connectivity index is 2.54. The zero-order valence-corrected chi connectivity index (χ0v) is 12.4. The highest BCUT2D eigenvalue weighted by Gasteiger charge is 2.39. The van der Waals surface area contributed by atoms with E-state index < -0.39 is 24.1 Å². The number of likely N-dealkylation sites (tertiary alicyclic amines) is 1. The van der Waals surface area contributed by atoms with E-state index in [-0.39, 0.29) is 19.0 Å².